The summed E-state index contributed by atoms with van der Waals surface area (Å²) >= 11 is 0. The van der Waals surface area contributed by atoms with Gasteiger partial charge in [-0.15, -0.1) is 0 Å². The summed E-state index contributed by atoms with van der Waals surface area (Å²) in [4.78, 5) is 0. The molecule has 0 atom stereocenters. The minimum absolute atomic E-state index is 0.280. The molecule has 0 aromatic carbocycles. The van der Waals surface area contributed by atoms with Crippen molar-refractivity contribution in [3.05, 3.63) is 0 Å². The zero-order valence-corrected chi connectivity index (χ0v) is 12.3. The Morgan fingerprint density at radius 3 is 1.65 bits per heavy atom. The van der Waals surface area contributed by atoms with Gasteiger partial charge in [0.2, 0.25) is 0 Å². The molecule has 2 heteroatoms. The fourth-order valence-corrected chi connectivity index (χ4v) is 3.70. The zero-order valence-electron chi connectivity index (χ0n) is 12.3. The average Bonchev–Trinajstić information content (AvgIpc) is 2.19. The highest BCUT2D eigenvalue weighted by Gasteiger charge is 2.54. The van der Waals surface area contributed by atoms with Gasteiger partial charge in [0.25, 0.3) is 0 Å². The van der Waals surface area contributed by atoms with E-state index in [0.29, 0.717) is 11.8 Å². The monoisotopic (exact) mass is 240 g/mol. The smallest absolute Gasteiger partial charge is 0.169 e. The fourth-order valence-electron chi connectivity index (χ4n) is 3.70. The highest BCUT2D eigenvalue weighted by atomic mass is 16.7. The second-order valence-corrected chi connectivity index (χ2v) is 7.69. The molecule has 2 nitrogen and oxygen atoms in total. The highest BCUT2D eigenvalue weighted by molar-refractivity contribution is 4.99. The Labute approximate surface area is 106 Å². The van der Waals surface area contributed by atoms with Crippen LogP contribution in [0.25, 0.3) is 0 Å². The summed E-state index contributed by atoms with van der Waals surface area (Å²) in [5.74, 6) is 0.907. The lowest BCUT2D eigenvalue weighted by Gasteiger charge is -2.56. The van der Waals surface area contributed by atoms with Gasteiger partial charge >= 0.3 is 0 Å². The van der Waals surface area contributed by atoms with Crippen LogP contribution in [0.15, 0.2) is 0 Å². The topological polar surface area (TPSA) is 18.5 Å². The summed E-state index contributed by atoms with van der Waals surface area (Å²) in [6, 6.07) is 0. The van der Waals surface area contributed by atoms with E-state index in [-0.39, 0.29) is 16.6 Å². The number of rotatable bonds is 0. The van der Waals surface area contributed by atoms with Crippen molar-refractivity contribution in [2.24, 2.45) is 22.7 Å². The third-order valence-corrected chi connectivity index (χ3v) is 5.06. The van der Waals surface area contributed by atoms with E-state index < -0.39 is 0 Å². The number of ether oxygens (including phenoxy) is 2. The van der Waals surface area contributed by atoms with Gasteiger partial charge in [0, 0.05) is 18.8 Å². The largest absolute Gasteiger partial charge is 0.350 e. The van der Waals surface area contributed by atoms with Gasteiger partial charge in [0.1, 0.15) is 0 Å². The Morgan fingerprint density at radius 2 is 1.24 bits per heavy atom. The lowest BCUT2D eigenvalue weighted by atomic mass is 9.56. The van der Waals surface area contributed by atoms with Crippen molar-refractivity contribution in [1.82, 2.24) is 0 Å². The summed E-state index contributed by atoms with van der Waals surface area (Å²) in [5, 5.41) is 0. The van der Waals surface area contributed by atoms with Crippen molar-refractivity contribution in [2.75, 3.05) is 13.2 Å². The molecule has 0 amide bonds. The van der Waals surface area contributed by atoms with Gasteiger partial charge < -0.3 is 9.47 Å². The third kappa shape index (κ3) is 2.39. The molecule has 2 rings (SSSR count). The molecule has 2 fully saturated rings. The van der Waals surface area contributed by atoms with Gasteiger partial charge in [-0.3, -0.25) is 0 Å². The quantitative estimate of drug-likeness (QED) is 0.640. The Hall–Kier alpha value is -0.0800. The molecule has 100 valence electrons. The summed E-state index contributed by atoms with van der Waals surface area (Å²) in [7, 11) is 0. The van der Waals surface area contributed by atoms with E-state index in [1.165, 1.54) is 0 Å². The number of hydrogen-bond donors (Lipinski definition) is 0. The van der Waals surface area contributed by atoms with Crippen molar-refractivity contribution in [3.8, 4) is 0 Å². The van der Waals surface area contributed by atoms with Crippen LogP contribution in [-0.4, -0.2) is 19.0 Å². The van der Waals surface area contributed by atoms with Crippen LogP contribution in [0.3, 0.4) is 0 Å². The molecule has 1 aliphatic heterocycles. The Kier molecular flexibility index (Phi) is 3.11. The second kappa shape index (κ2) is 3.96. The first kappa shape index (κ1) is 13.4. The van der Waals surface area contributed by atoms with Crippen LogP contribution < -0.4 is 0 Å². The molecule has 1 saturated carbocycles. The normalized spacial score (nSPS) is 44.8. The van der Waals surface area contributed by atoms with Crippen molar-refractivity contribution >= 4 is 0 Å². The van der Waals surface area contributed by atoms with Crippen LogP contribution >= 0.6 is 0 Å². The fraction of sp³-hybridized carbons (Fsp3) is 1.00. The Balaban J connectivity index is 2.21. The Morgan fingerprint density at radius 1 is 0.824 bits per heavy atom. The first-order valence-corrected chi connectivity index (χ1v) is 6.95. The molecule has 17 heavy (non-hydrogen) atoms. The van der Waals surface area contributed by atoms with Crippen molar-refractivity contribution in [1.29, 1.82) is 0 Å². The first-order valence-electron chi connectivity index (χ1n) is 6.95. The second-order valence-electron chi connectivity index (χ2n) is 7.69. The van der Waals surface area contributed by atoms with Gasteiger partial charge in [-0.2, -0.15) is 0 Å². The van der Waals surface area contributed by atoms with E-state index in [1.54, 1.807) is 0 Å². The van der Waals surface area contributed by atoms with Crippen LogP contribution in [0, 0.1) is 22.7 Å². The molecule has 2 aliphatic rings. The van der Waals surface area contributed by atoms with Gasteiger partial charge in [-0.05, 0) is 16.7 Å². The predicted molar refractivity (Wildman–Crippen MR) is 69.8 cm³/mol. The van der Waals surface area contributed by atoms with Gasteiger partial charge in [-0.1, -0.05) is 41.5 Å². The van der Waals surface area contributed by atoms with Crippen LogP contribution in [0.1, 0.15) is 54.4 Å². The minimum Gasteiger partial charge on any atom is -0.350 e. The lowest BCUT2D eigenvalue weighted by molar-refractivity contribution is -0.326. The molecule has 0 aromatic rings. The van der Waals surface area contributed by atoms with Gasteiger partial charge in [0.15, 0.2) is 5.79 Å². The summed E-state index contributed by atoms with van der Waals surface area (Å²) in [5.41, 5.74) is 0.560. The maximum absolute atomic E-state index is 6.12. The molecule has 1 saturated heterocycles. The molecule has 0 N–H and O–H groups in total. The highest BCUT2D eigenvalue weighted by Crippen LogP contribution is 2.56. The molecular formula is C15H28O2. The average molecular weight is 240 g/mol. The zero-order chi connectivity index (χ0) is 12.9. The Bertz CT molecular complexity index is 265. The third-order valence-electron chi connectivity index (χ3n) is 5.06. The standard InChI is InChI=1S/C15H28O2/c1-11-7-16-15(17-8-11)9-13(3,4)12(2)14(5,6)10-15/h11-12H,7-10H2,1-6H3. The van der Waals surface area contributed by atoms with E-state index in [1.807, 2.05) is 0 Å². The molecule has 1 heterocycles. The summed E-state index contributed by atoms with van der Waals surface area (Å²) in [6.45, 7) is 15.7. The maximum Gasteiger partial charge on any atom is 0.169 e. The van der Waals surface area contributed by atoms with Crippen molar-refractivity contribution in [2.45, 2.75) is 60.2 Å². The van der Waals surface area contributed by atoms with Gasteiger partial charge in [0.05, 0.1) is 13.2 Å². The van der Waals surface area contributed by atoms with E-state index in [4.69, 9.17) is 9.47 Å². The van der Waals surface area contributed by atoms with Crippen LogP contribution in [0.4, 0.5) is 0 Å². The molecule has 0 aromatic heterocycles. The van der Waals surface area contributed by atoms with Crippen LogP contribution in [0.5, 0.6) is 0 Å². The minimum atomic E-state index is -0.313. The van der Waals surface area contributed by atoms with E-state index >= 15 is 0 Å². The molecule has 0 bridgehead atoms. The first-order chi connectivity index (χ1) is 7.67. The van der Waals surface area contributed by atoms with Gasteiger partial charge in [-0.25, -0.2) is 0 Å². The van der Waals surface area contributed by atoms with Crippen molar-refractivity contribution in [3.63, 3.8) is 0 Å². The molecule has 1 spiro atoms. The lowest BCUT2D eigenvalue weighted by Crippen LogP contribution is -2.56. The summed E-state index contributed by atoms with van der Waals surface area (Å²) in [6.07, 6.45) is 2.05. The number of hydrogen-bond acceptors (Lipinski definition) is 2. The SMILES string of the molecule is CC1COC2(CC(C)(C)C(C)C(C)(C)C2)OC1. The molecular weight excluding hydrogens is 212 g/mol. The molecule has 1 aliphatic carbocycles. The van der Waals surface area contributed by atoms with E-state index in [2.05, 4.69) is 41.5 Å². The molecule has 0 unspecified atom stereocenters. The summed E-state index contributed by atoms with van der Waals surface area (Å²) < 4.78 is 12.2. The van der Waals surface area contributed by atoms with E-state index in [0.717, 1.165) is 26.1 Å². The van der Waals surface area contributed by atoms with E-state index in [9.17, 15) is 0 Å². The van der Waals surface area contributed by atoms with Crippen LogP contribution in [-0.2, 0) is 9.47 Å². The maximum atomic E-state index is 6.12. The predicted octanol–water partition coefficient (Wildman–Crippen LogP) is 3.85. The van der Waals surface area contributed by atoms with Crippen molar-refractivity contribution < 1.29 is 9.47 Å². The van der Waals surface area contributed by atoms with Crippen LogP contribution in [0.2, 0.25) is 0 Å². The molecule has 0 radical (unpaired) electrons.